The van der Waals surface area contributed by atoms with Gasteiger partial charge in [-0.05, 0) is 31.2 Å². The number of aryl methyl sites for hydroxylation is 1. The van der Waals surface area contributed by atoms with E-state index < -0.39 is 0 Å². The Kier molecular flexibility index (Phi) is 3.38. The third-order valence-electron chi connectivity index (χ3n) is 3.22. The molecule has 0 fully saturated rings. The van der Waals surface area contributed by atoms with E-state index in [1.54, 1.807) is 38.3 Å². The molecule has 0 atom stereocenters. The second-order valence-corrected chi connectivity index (χ2v) is 4.76. The minimum Gasteiger partial charge on any atom is -0.497 e. The van der Waals surface area contributed by atoms with Gasteiger partial charge in [0.25, 0.3) is 11.5 Å². The quantitative estimate of drug-likeness (QED) is 0.768. The molecule has 7 nitrogen and oxygen atoms in total. The van der Waals surface area contributed by atoms with Crippen molar-refractivity contribution in [3.05, 3.63) is 58.1 Å². The smallest absolute Gasteiger partial charge is 0.272 e. The minimum atomic E-state index is -0.346. The first-order valence-corrected chi connectivity index (χ1v) is 6.61. The van der Waals surface area contributed by atoms with Crippen LogP contribution in [0, 0.1) is 6.92 Å². The van der Waals surface area contributed by atoms with Crippen LogP contribution in [-0.2, 0) is 0 Å². The number of H-pyrrole nitrogens is 1. The zero-order valence-corrected chi connectivity index (χ0v) is 12.1. The van der Waals surface area contributed by atoms with Crippen LogP contribution in [0.1, 0.15) is 16.1 Å². The van der Waals surface area contributed by atoms with Crippen molar-refractivity contribution in [2.45, 2.75) is 6.92 Å². The van der Waals surface area contributed by atoms with Crippen LogP contribution in [0.15, 0.2) is 41.3 Å². The third-order valence-corrected chi connectivity index (χ3v) is 3.22. The molecule has 0 unspecified atom stereocenters. The van der Waals surface area contributed by atoms with Gasteiger partial charge in [-0.1, -0.05) is 0 Å². The lowest BCUT2D eigenvalue weighted by molar-refractivity contribution is 0.102. The van der Waals surface area contributed by atoms with E-state index in [2.05, 4.69) is 15.4 Å². The highest BCUT2D eigenvalue weighted by Gasteiger charge is 2.15. The molecule has 7 heteroatoms. The molecule has 22 heavy (non-hydrogen) atoms. The molecule has 0 aliphatic heterocycles. The number of carbonyl (C=O) groups excluding carboxylic acids is 1. The van der Waals surface area contributed by atoms with Crippen LogP contribution in [0.2, 0.25) is 0 Å². The Balaban J connectivity index is 1.93. The molecule has 112 valence electrons. The van der Waals surface area contributed by atoms with Crippen LogP contribution >= 0.6 is 0 Å². The average Bonchev–Trinajstić information content (AvgIpc) is 2.92. The van der Waals surface area contributed by atoms with Crippen molar-refractivity contribution in [1.82, 2.24) is 14.6 Å². The standard InChI is InChI=1S/C15H14N4O3/c1-9-7-13(20)19-14(17-9)12(8-16-19)15(21)18-10-3-5-11(22-2)6-4-10/h3-8,16H,1-2H3,(H,18,21). The Morgan fingerprint density at radius 2 is 2.05 bits per heavy atom. The molecule has 3 rings (SSSR count). The molecule has 2 aromatic heterocycles. The summed E-state index contributed by atoms with van der Waals surface area (Å²) < 4.78 is 6.30. The first-order chi connectivity index (χ1) is 10.6. The van der Waals surface area contributed by atoms with E-state index in [1.165, 1.54) is 16.8 Å². The van der Waals surface area contributed by atoms with Crippen molar-refractivity contribution in [3.8, 4) is 5.75 Å². The number of fused-ring (bicyclic) bond motifs is 1. The number of carbonyl (C=O) groups is 1. The van der Waals surface area contributed by atoms with Gasteiger partial charge in [0.2, 0.25) is 0 Å². The molecule has 0 spiro atoms. The molecular formula is C15H14N4O3. The number of hydrogen-bond donors (Lipinski definition) is 2. The number of hydrogen-bond acceptors (Lipinski definition) is 4. The number of rotatable bonds is 3. The zero-order chi connectivity index (χ0) is 15.7. The predicted octanol–water partition coefficient (Wildman–Crippen LogP) is 1.59. The van der Waals surface area contributed by atoms with E-state index >= 15 is 0 Å². The summed E-state index contributed by atoms with van der Waals surface area (Å²) in [7, 11) is 1.57. The van der Waals surface area contributed by atoms with Crippen LogP contribution in [0.4, 0.5) is 5.69 Å². The fraction of sp³-hybridized carbons (Fsp3) is 0.133. The van der Waals surface area contributed by atoms with Gasteiger partial charge in [0, 0.05) is 23.6 Å². The van der Waals surface area contributed by atoms with E-state index in [-0.39, 0.29) is 11.5 Å². The molecule has 2 heterocycles. The molecule has 2 N–H and O–H groups in total. The highest BCUT2D eigenvalue weighted by molar-refractivity contribution is 6.08. The fourth-order valence-electron chi connectivity index (χ4n) is 2.14. The van der Waals surface area contributed by atoms with Crippen LogP contribution in [0.3, 0.4) is 0 Å². The monoisotopic (exact) mass is 298 g/mol. The summed E-state index contributed by atoms with van der Waals surface area (Å²) in [5, 5.41) is 5.49. The molecular weight excluding hydrogens is 284 g/mol. The minimum absolute atomic E-state index is 0.258. The van der Waals surface area contributed by atoms with Crippen molar-refractivity contribution < 1.29 is 9.53 Å². The number of nitrogens with one attached hydrogen (secondary N) is 2. The maximum Gasteiger partial charge on any atom is 0.272 e. The normalized spacial score (nSPS) is 10.6. The first kappa shape index (κ1) is 13.9. The van der Waals surface area contributed by atoms with Crippen molar-refractivity contribution >= 4 is 17.2 Å². The Morgan fingerprint density at radius 3 is 2.73 bits per heavy atom. The molecule has 0 saturated heterocycles. The largest absolute Gasteiger partial charge is 0.497 e. The molecule has 0 bridgehead atoms. The van der Waals surface area contributed by atoms with Crippen LogP contribution in [-0.4, -0.2) is 27.6 Å². The number of aromatic amines is 1. The van der Waals surface area contributed by atoms with E-state index in [4.69, 9.17) is 4.74 Å². The maximum absolute atomic E-state index is 12.3. The lowest BCUT2D eigenvalue weighted by Crippen LogP contribution is -2.16. The third kappa shape index (κ3) is 2.44. The van der Waals surface area contributed by atoms with Gasteiger partial charge in [-0.3, -0.25) is 14.7 Å². The van der Waals surface area contributed by atoms with E-state index in [9.17, 15) is 9.59 Å². The molecule has 0 saturated carbocycles. The lowest BCUT2D eigenvalue weighted by atomic mass is 10.2. The Morgan fingerprint density at radius 1 is 1.32 bits per heavy atom. The summed E-state index contributed by atoms with van der Waals surface area (Å²) in [5.41, 5.74) is 1.53. The number of ether oxygens (including phenoxy) is 1. The summed E-state index contributed by atoms with van der Waals surface area (Å²) in [6, 6.07) is 8.36. The Bertz CT molecular complexity index is 893. The van der Waals surface area contributed by atoms with Gasteiger partial charge in [0.05, 0.1) is 7.11 Å². The maximum atomic E-state index is 12.3. The average molecular weight is 298 g/mol. The first-order valence-electron chi connectivity index (χ1n) is 6.61. The van der Waals surface area contributed by atoms with Crippen molar-refractivity contribution in [3.63, 3.8) is 0 Å². The Hall–Kier alpha value is -3.09. The highest BCUT2D eigenvalue weighted by Crippen LogP contribution is 2.16. The van der Waals surface area contributed by atoms with E-state index in [1.807, 2.05) is 0 Å². The van der Waals surface area contributed by atoms with E-state index in [0.717, 1.165) is 0 Å². The number of aromatic nitrogens is 3. The Labute approximate surface area is 125 Å². The zero-order valence-electron chi connectivity index (χ0n) is 12.1. The number of nitrogens with zero attached hydrogens (tertiary/aromatic N) is 2. The number of amides is 1. The summed E-state index contributed by atoms with van der Waals surface area (Å²) in [5.74, 6) is 0.357. The number of methoxy groups -OCH3 is 1. The van der Waals surface area contributed by atoms with Crippen molar-refractivity contribution in [1.29, 1.82) is 0 Å². The van der Waals surface area contributed by atoms with Crippen molar-refractivity contribution in [2.24, 2.45) is 0 Å². The molecule has 0 aliphatic carbocycles. The topological polar surface area (TPSA) is 88.5 Å². The second kappa shape index (κ2) is 5.36. The SMILES string of the molecule is COc1ccc(NC(=O)c2c[nH]n3c(=O)cc(C)nc23)cc1. The van der Waals surface area contributed by atoms with Crippen molar-refractivity contribution in [2.75, 3.05) is 12.4 Å². The highest BCUT2D eigenvalue weighted by atomic mass is 16.5. The second-order valence-electron chi connectivity index (χ2n) is 4.76. The number of anilines is 1. The lowest BCUT2D eigenvalue weighted by Gasteiger charge is -2.05. The van der Waals surface area contributed by atoms with Gasteiger partial charge in [-0.15, -0.1) is 0 Å². The van der Waals surface area contributed by atoms with Gasteiger partial charge in [-0.25, -0.2) is 9.50 Å². The van der Waals surface area contributed by atoms with Crippen LogP contribution in [0.5, 0.6) is 5.75 Å². The molecule has 3 aromatic rings. The van der Waals surface area contributed by atoms with Crippen LogP contribution in [0.25, 0.3) is 5.65 Å². The van der Waals surface area contributed by atoms with Gasteiger partial charge in [-0.2, -0.15) is 0 Å². The van der Waals surface area contributed by atoms with Gasteiger partial charge < -0.3 is 10.1 Å². The number of benzene rings is 1. The summed E-state index contributed by atoms with van der Waals surface area (Å²) in [6.07, 6.45) is 1.46. The molecule has 1 aromatic carbocycles. The van der Waals surface area contributed by atoms with E-state index in [0.29, 0.717) is 28.3 Å². The summed E-state index contributed by atoms with van der Waals surface area (Å²) >= 11 is 0. The van der Waals surface area contributed by atoms with Gasteiger partial charge >= 0.3 is 0 Å². The summed E-state index contributed by atoms with van der Waals surface area (Å²) in [4.78, 5) is 28.4. The van der Waals surface area contributed by atoms with Gasteiger partial charge in [0.15, 0.2) is 5.65 Å². The predicted molar refractivity (Wildman–Crippen MR) is 81.5 cm³/mol. The molecule has 1 amide bonds. The van der Waals surface area contributed by atoms with Crippen LogP contribution < -0.4 is 15.6 Å². The molecule has 0 aliphatic rings. The summed E-state index contributed by atoms with van der Waals surface area (Å²) in [6.45, 7) is 1.71. The van der Waals surface area contributed by atoms with Gasteiger partial charge in [0.1, 0.15) is 11.3 Å². The fourth-order valence-corrected chi connectivity index (χ4v) is 2.14. The molecule has 0 radical (unpaired) electrons.